The lowest BCUT2D eigenvalue weighted by Crippen LogP contribution is -2.43. The fourth-order valence-corrected chi connectivity index (χ4v) is 4.25. The van der Waals surface area contributed by atoms with E-state index in [0.717, 1.165) is 17.5 Å². The van der Waals surface area contributed by atoms with Crippen molar-refractivity contribution in [3.63, 3.8) is 0 Å². The predicted octanol–water partition coefficient (Wildman–Crippen LogP) is 2.77. The minimum Gasteiger partial charge on any atom is -0.339 e. The highest BCUT2D eigenvalue weighted by molar-refractivity contribution is 5.97. The van der Waals surface area contributed by atoms with Gasteiger partial charge in [0.1, 0.15) is 11.0 Å². The molecule has 2 aliphatic heterocycles. The molecule has 1 fully saturated rings. The molecule has 1 atom stereocenters. The molecule has 2 aromatic carbocycles. The normalized spacial score (nSPS) is 19.5. The lowest BCUT2D eigenvalue weighted by Gasteiger charge is -2.33. The number of aromatic nitrogens is 3. The van der Waals surface area contributed by atoms with Crippen LogP contribution < -0.4 is 0 Å². The van der Waals surface area contributed by atoms with Gasteiger partial charge in [0.05, 0.1) is 6.04 Å². The molecule has 0 saturated carbocycles. The van der Waals surface area contributed by atoms with Gasteiger partial charge in [-0.2, -0.15) is 20.5 Å². The molecule has 8 heteroatoms. The topological polar surface area (TPSA) is 94.5 Å². The van der Waals surface area contributed by atoms with Crippen LogP contribution in [-0.4, -0.2) is 56.4 Å². The molecule has 5 rings (SSSR count). The summed E-state index contributed by atoms with van der Waals surface area (Å²) in [6.07, 6.45) is 3.83. The van der Waals surface area contributed by atoms with Crippen molar-refractivity contribution < 1.29 is 9.59 Å². The average Bonchev–Trinajstić information content (AvgIpc) is 3.48. The number of hydrogen-bond acceptors (Lipinski definition) is 5. The summed E-state index contributed by atoms with van der Waals surface area (Å²) >= 11 is 0. The average molecular weight is 402 g/mol. The van der Waals surface area contributed by atoms with Gasteiger partial charge in [-0.3, -0.25) is 9.59 Å². The maximum Gasteiger partial charge on any atom is 0.253 e. The Morgan fingerprint density at radius 1 is 0.967 bits per heavy atom. The van der Waals surface area contributed by atoms with Crippen molar-refractivity contribution in [2.75, 3.05) is 13.1 Å². The zero-order valence-corrected chi connectivity index (χ0v) is 16.4. The Bertz CT molecular complexity index is 1100. The van der Waals surface area contributed by atoms with E-state index in [2.05, 4.69) is 20.5 Å². The van der Waals surface area contributed by atoms with E-state index in [4.69, 9.17) is 0 Å². The zero-order valence-electron chi connectivity index (χ0n) is 16.4. The number of rotatable bonds is 3. The van der Waals surface area contributed by atoms with E-state index in [0.29, 0.717) is 37.0 Å². The summed E-state index contributed by atoms with van der Waals surface area (Å²) in [4.78, 5) is 27.8. The van der Waals surface area contributed by atoms with E-state index in [9.17, 15) is 9.59 Å². The molecule has 1 N–H and O–H groups in total. The highest BCUT2D eigenvalue weighted by Gasteiger charge is 2.35. The molecule has 3 aromatic rings. The molecule has 152 valence electrons. The van der Waals surface area contributed by atoms with Gasteiger partial charge >= 0.3 is 0 Å². The summed E-state index contributed by atoms with van der Waals surface area (Å²) < 4.78 is 0. The molecule has 1 aromatic heterocycles. The lowest BCUT2D eigenvalue weighted by molar-refractivity contribution is -0.138. The van der Waals surface area contributed by atoms with Crippen molar-refractivity contribution in [2.24, 2.45) is 11.0 Å². The van der Waals surface area contributed by atoms with Gasteiger partial charge in [-0.25, -0.2) is 5.01 Å². The SMILES string of the molecule is O=C(c1ccc2n[nH]nc2c1)N1CCC(C(=O)N2N=CCC2c2ccccc2)CC1. The highest BCUT2D eigenvalue weighted by atomic mass is 16.2. The smallest absolute Gasteiger partial charge is 0.253 e. The van der Waals surface area contributed by atoms with Crippen molar-refractivity contribution in [3.8, 4) is 0 Å². The van der Waals surface area contributed by atoms with Crippen molar-refractivity contribution in [1.29, 1.82) is 0 Å². The molecule has 1 saturated heterocycles. The van der Waals surface area contributed by atoms with Gasteiger partial charge in [0, 0.05) is 37.2 Å². The fraction of sp³-hybridized carbons (Fsp3) is 0.318. The molecular weight excluding hydrogens is 380 g/mol. The summed E-state index contributed by atoms with van der Waals surface area (Å²) in [5.41, 5.74) is 3.09. The number of benzene rings is 2. The Hall–Kier alpha value is -3.55. The first-order valence-electron chi connectivity index (χ1n) is 10.2. The Morgan fingerprint density at radius 3 is 2.53 bits per heavy atom. The first-order chi connectivity index (χ1) is 14.7. The van der Waals surface area contributed by atoms with E-state index >= 15 is 0 Å². The lowest BCUT2D eigenvalue weighted by atomic mass is 9.94. The van der Waals surface area contributed by atoms with Crippen LogP contribution in [0.4, 0.5) is 0 Å². The van der Waals surface area contributed by atoms with Gasteiger partial charge in [-0.05, 0) is 36.6 Å². The third-order valence-corrected chi connectivity index (χ3v) is 5.93. The Labute approximate surface area is 173 Å². The second-order valence-corrected chi connectivity index (χ2v) is 7.74. The van der Waals surface area contributed by atoms with Crippen LogP contribution in [-0.2, 0) is 4.79 Å². The van der Waals surface area contributed by atoms with Gasteiger partial charge in [0.25, 0.3) is 5.91 Å². The van der Waals surface area contributed by atoms with Gasteiger partial charge in [-0.1, -0.05) is 30.3 Å². The van der Waals surface area contributed by atoms with Crippen molar-refractivity contribution >= 4 is 29.1 Å². The third kappa shape index (κ3) is 3.34. The zero-order chi connectivity index (χ0) is 20.5. The minimum atomic E-state index is -0.117. The van der Waals surface area contributed by atoms with E-state index < -0.39 is 0 Å². The molecule has 3 heterocycles. The van der Waals surface area contributed by atoms with Crippen LogP contribution >= 0.6 is 0 Å². The van der Waals surface area contributed by atoms with Crippen LogP contribution in [0.2, 0.25) is 0 Å². The molecule has 0 spiro atoms. The van der Waals surface area contributed by atoms with Crippen LogP contribution in [0, 0.1) is 5.92 Å². The number of carbonyl (C=O) groups excluding carboxylic acids is 2. The molecule has 2 aliphatic rings. The number of amides is 2. The third-order valence-electron chi connectivity index (χ3n) is 5.93. The number of piperidine rings is 1. The number of fused-ring (bicyclic) bond motifs is 1. The van der Waals surface area contributed by atoms with E-state index in [1.165, 1.54) is 0 Å². The van der Waals surface area contributed by atoms with Crippen molar-refractivity contribution in [2.45, 2.75) is 25.3 Å². The predicted molar refractivity (Wildman–Crippen MR) is 112 cm³/mol. The first-order valence-corrected chi connectivity index (χ1v) is 10.2. The minimum absolute atomic E-state index is 0.0347. The number of hydrogen-bond donors (Lipinski definition) is 1. The number of aromatic amines is 1. The molecular formula is C22H22N6O2. The van der Waals surface area contributed by atoms with Crippen molar-refractivity contribution in [3.05, 3.63) is 59.7 Å². The van der Waals surface area contributed by atoms with Crippen LogP contribution in [0.3, 0.4) is 0 Å². The number of nitrogens with zero attached hydrogens (tertiary/aromatic N) is 5. The molecule has 30 heavy (non-hydrogen) atoms. The fourth-order valence-electron chi connectivity index (χ4n) is 4.25. The maximum atomic E-state index is 13.1. The summed E-state index contributed by atoms with van der Waals surface area (Å²) in [6.45, 7) is 1.11. The van der Waals surface area contributed by atoms with Crippen LogP contribution in [0.15, 0.2) is 53.6 Å². The monoisotopic (exact) mass is 402 g/mol. The van der Waals surface area contributed by atoms with E-state index in [1.807, 2.05) is 41.4 Å². The van der Waals surface area contributed by atoms with Gasteiger partial charge in [0.2, 0.25) is 5.91 Å². The number of hydrazone groups is 1. The molecule has 1 unspecified atom stereocenters. The standard InChI is InChI=1S/C22H22N6O2/c29-21(17-6-7-18-19(14-17)25-26-24-18)27-12-9-16(10-13-27)22(30)28-20(8-11-23-28)15-4-2-1-3-5-15/h1-7,11,14,16,20H,8-10,12-13H2,(H,24,25,26). The Balaban J connectivity index is 1.23. The number of likely N-dealkylation sites (tertiary alicyclic amines) is 1. The van der Waals surface area contributed by atoms with Gasteiger partial charge < -0.3 is 4.90 Å². The molecule has 2 amide bonds. The molecule has 0 radical (unpaired) electrons. The number of nitrogens with one attached hydrogen (secondary N) is 1. The Kier molecular flexibility index (Phi) is 4.74. The second kappa shape index (κ2) is 7.70. The van der Waals surface area contributed by atoms with Crippen molar-refractivity contribution in [1.82, 2.24) is 25.3 Å². The summed E-state index contributed by atoms with van der Waals surface area (Å²) in [6, 6.07) is 15.3. The quantitative estimate of drug-likeness (QED) is 0.729. The highest BCUT2D eigenvalue weighted by Crippen LogP contribution is 2.31. The summed E-state index contributed by atoms with van der Waals surface area (Å²) in [7, 11) is 0. The molecule has 8 nitrogen and oxygen atoms in total. The maximum absolute atomic E-state index is 13.1. The van der Waals surface area contributed by atoms with Gasteiger partial charge in [0.15, 0.2) is 0 Å². The van der Waals surface area contributed by atoms with Crippen LogP contribution in [0.25, 0.3) is 11.0 Å². The number of carbonyl (C=O) groups is 2. The first kappa shape index (κ1) is 18.5. The summed E-state index contributed by atoms with van der Waals surface area (Å²) in [5.74, 6) is -0.102. The summed E-state index contributed by atoms with van der Waals surface area (Å²) in [5, 5.41) is 16.6. The van der Waals surface area contributed by atoms with Gasteiger partial charge in [-0.15, -0.1) is 0 Å². The molecule has 0 aliphatic carbocycles. The Morgan fingerprint density at radius 2 is 1.73 bits per heavy atom. The van der Waals surface area contributed by atoms with E-state index in [1.54, 1.807) is 23.2 Å². The number of H-pyrrole nitrogens is 1. The largest absolute Gasteiger partial charge is 0.339 e. The van der Waals surface area contributed by atoms with Crippen LogP contribution in [0.1, 0.15) is 41.2 Å². The van der Waals surface area contributed by atoms with E-state index in [-0.39, 0.29) is 23.8 Å². The second-order valence-electron chi connectivity index (χ2n) is 7.74. The molecule has 0 bridgehead atoms. The van der Waals surface area contributed by atoms with Crippen LogP contribution in [0.5, 0.6) is 0 Å².